The van der Waals surface area contributed by atoms with Crippen molar-refractivity contribution in [3.05, 3.63) is 4.91 Å². The minimum absolute atomic E-state index is 0.154. The lowest BCUT2D eigenvalue weighted by atomic mass is 9.96. The SMILES string of the molecule is CCCCCCCC1CCCC1N=O. The Hall–Kier alpha value is -0.400. The molecule has 0 aromatic rings. The summed E-state index contributed by atoms with van der Waals surface area (Å²) in [5, 5.41) is 3.23. The van der Waals surface area contributed by atoms with Crippen LogP contribution in [0.2, 0.25) is 0 Å². The van der Waals surface area contributed by atoms with Crippen LogP contribution in [0, 0.1) is 10.8 Å². The summed E-state index contributed by atoms with van der Waals surface area (Å²) in [5.41, 5.74) is 0. The van der Waals surface area contributed by atoms with Gasteiger partial charge in [0.1, 0.15) is 0 Å². The van der Waals surface area contributed by atoms with Gasteiger partial charge in [0.15, 0.2) is 0 Å². The van der Waals surface area contributed by atoms with Crippen LogP contribution in [0.1, 0.15) is 64.7 Å². The van der Waals surface area contributed by atoms with Gasteiger partial charge >= 0.3 is 0 Å². The van der Waals surface area contributed by atoms with E-state index in [-0.39, 0.29) is 6.04 Å². The Balaban J connectivity index is 2.02. The predicted octanol–water partition coefficient (Wildman–Crippen LogP) is 4.28. The standard InChI is InChI=1S/C12H23NO/c1-2-3-4-5-6-8-11-9-7-10-12(11)13-14/h11-12H,2-10H2,1H3. The lowest BCUT2D eigenvalue weighted by Gasteiger charge is -2.12. The van der Waals surface area contributed by atoms with Gasteiger partial charge in [-0.15, -0.1) is 0 Å². The van der Waals surface area contributed by atoms with Gasteiger partial charge < -0.3 is 0 Å². The molecule has 1 fully saturated rings. The number of hydrogen-bond acceptors (Lipinski definition) is 2. The molecular formula is C12H23NO. The van der Waals surface area contributed by atoms with Crippen molar-refractivity contribution in [3.8, 4) is 0 Å². The Morgan fingerprint density at radius 1 is 1.14 bits per heavy atom. The molecule has 82 valence electrons. The zero-order valence-corrected chi connectivity index (χ0v) is 9.37. The van der Waals surface area contributed by atoms with Crippen molar-refractivity contribution in [3.63, 3.8) is 0 Å². The molecule has 1 saturated carbocycles. The lowest BCUT2D eigenvalue weighted by molar-refractivity contribution is 0.421. The van der Waals surface area contributed by atoms with Crippen molar-refractivity contribution in [2.45, 2.75) is 70.8 Å². The third-order valence-electron chi connectivity index (χ3n) is 3.43. The molecule has 0 aliphatic heterocycles. The van der Waals surface area contributed by atoms with Crippen LogP contribution >= 0.6 is 0 Å². The van der Waals surface area contributed by atoms with E-state index in [0.29, 0.717) is 5.92 Å². The van der Waals surface area contributed by atoms with Crippen molar-refractivity contribution in [2.24, 2.45) is 11.1 Å². The van der Waals surface area contributed by atoms with E-state index in [9.17, 15) is 4.91 Å². The van der Waals surface area contributed by atoms with Gasteiger partial charge in [-0.05, 0) is 25.2 Å². The molecule has 1 aliphatic rings. The molecule has 0 aromatic heterocycles. The van der Waals surface area contributed by atoms with Crippen LogP contribution in [-0.2, 0) is 0 Å². The monoisotopic (exact) mass is 197 g/mol. The first-order chi connectivity index (χ1) is 6.88. The third kappa shape index (κ3) is 3.77. The molecule has 1 aliphatic carbocycles. The number of unbranched alkanes of at least 4 members (excludes halogenated alkanes) is 4. The Bertz CT molecular complexity index is 158. The first kappa shape index (κ1) is 11.7. The minimum Gasteiger partial charge on any atom is -0.151 e. The highest BCUT2D eigenvalue weighted by Gasteiger charge is 2.27. The summed E-state index contributed by atoms with van der Waals surface area (Å²) in [6.45, 7) is 2.24. The van der Waals surface area contributed by atoms with Crippen molar-refractivity contribution < 1.29 is 0 Å². The Kier molecular flexibility index (Phi) is 5.81. The molecule has 0 spiro atoms. The van der Waals surface area contributed by atoms with E-state index in [1.54, 1.807) is 0 Å². The van der Waals surface area contributed by atoms with Crippen molar-refractivity contribution >= 4 is 0 Å². The zero-order chi connectivity index (χ0) is 10.2. The summed E-state index contributed by atoms with van der Waals surface area (Å²) in [6.07, 6.45) is 11.4. The summed E-state index contributed by atoms with van der Waals surface area (Å²) in [7, 11) is 0. The Labute approximate surface area is 87.4 Å². The quantitative estimate of drug-likeness (QED) is 0.442. The maximum atomic E-state index is 10.5. The van der Waals surface area contributed by atoms with Gasteiger partial charge in [0, 0.05) is 0 Å². The van der Waals surface area contributed by atoms with Crippen LogP contribution in [0.15, 0.2) is 5.18 Å². The van der Waals surface area contributed by atoms with E-state index < -0.39 is 0 Å². The average Bonchev–Trinajstić information content (AvgIpc) is 2.65. The fourth-order valence-corrected chi connectivity index (χ4v) is 2.50. The topological polar surface area (TPSA) is 29.4 Å². The van der Waals surface area contributed by atoms with Crippen LogP contribution in [0.25, 0.3) is 0 Å². The molecule has 0 aromatic carbocycles. The second kappa shape index (κ2) is 6.97. The molecule has 0 saturated heterocycles. The maximum absolute atomic E-state index is 10.5. The molecule has 2 nitrogen and oxygen atoms in total. The summed E-state index contributed by atoms with van der Waals surface area (Å²) in [4.78, 5) is 10.5. The van der Waals surface area contributed by atoms with Crippen LogP contribution in [0.3, 0.4) is 0 Å². The molecule has 2 unspecified atom stereocenters. The molecule has 0 heterocycles. The molecule has 0 radical (unpaired) electrons. The second-order valence-electron chi connectivity index (χ2n) is 4.57. The first-order valence-corrected chi connectivity index (χ1v) is 6.21. The maximum Gasteiger partial charge on any atom is 0.0947 e. The predicted molar refractivity (Wildman–Crippen MR) is 60.3 cm³/mol. The van der Waals surface area contributed by atoms with E-state index in [1.165, 1.54) is 51.4 Å². The molecule has 0 bridgehead atoms. The van der Waals surface area contributed by atoms with Crippen LogP contribution in [-0.4, -0.2) is 6.04 Å². The van der Waals surface area contributed by atoms with E-state index in [0.717, 1.165) is 6.42 Å². The number of hydrogen-bond donors (Lipinski definition) is 0. The lowest BCUT2D eigenvalue weighted by Crippen LogP contribution is -2.10. The highest BCUT2D eigenvalue weighted by atomic mass is 16.3. The van der Waals surface area contributed by atoms with Gasteiger partial charge in [-0.2, -0.15) is 4.91 Å². The van der Waals surface area contributed by atoms with E-state index in [2.05, 4.69) is 12.1 Å². The molecular weight excluding hydrogens is 174 g/mol. The fraction of sp³-hybridized carbons (Fsp3) is 1.00. The number of nitroso groups, excluding NO2 is 1. The summed E-state index contributed by atoms with van der Waals surface area (Å²) in [6, 6.07) is 0.154. The molecule has 1 rings (SSSR count). The van der Waals surface area contributed by atoms with Crippen LogP contribution in [0.5, 0.6) is 0 Å². The molecule has 2 atom stereocenters. The van der Waals surface area contributed by atoms with Gasteiger partial charge in [-0.1, -0.05) is 50.6 Å². The van der Waals surface area contributed by atoms with E-state index in [4.69, 9.17) is 0 Å². The van der Waals surface area contributed by atoms with E-state index >= 15 is 0 Å². The zero-order valence-electron chi connectivity index (χ0n) is 9.37. The second-order valence-corrected chi connectivity index (χ2v) is 4.57. The van der Waals surface area contributed by atoms with Crippen molar-refractivity contribution in [1.82, 2.24) is 0 Å². The van der Waals surface area contributed by atoms with Gasteiger partial charge in [-0.25, -0.2) is 0 Å². The van der Waals surface area contributed by atoms with Gasteiger partial charge in [0.25, 0.3) is 0 Å². The largest absolute Gasteiger partial charge is 0.151 e. The molecule has 14 heavy (non-hydrogen) atoms. The third-order valence-corrected chi connectivity index (χ3v) is 3.43. The van der Waals surface area contributed by atoms with Gasteiger partial charge in [0.2, 0.25) is 0 Å². The number of rotatable bonds is 7. The van der Waals surface area contributed by atoms with E-state index in [1.807, 2.05) is 0 Å². The molecule has 0 N–H and O–H groups in total. The van der Waals surface area contributed by atoms with Crippen molar-refractivity contribution in [1.29, 1.82) is 0 Å². The fourth-order valence-electron chi connectivity index (χ4n) is 2.50. The minimum atomic E-state index is 0.154. The smallest absolute Gasteiger partial charge is 0.0947 e. The Morgan fingerprint density at radius 2 is 1.93 bits per heavy atom. The van der Waals surface area contributed by atoms with Gasteiger partial charge in [-0.3, -0.25) is 0 Å². The highest BCUT2D eigenvalue weighted by molar-refractivity contribution is 4.82. The van der Waals surface area contributed by atoms with Crippen LogP contribution in [0.4, 0.5) is 0 Å². The normalized spacial score (nSPS) is 26.6. The summed E-state index contributed by atoms with van der Waals surface area (Å²) in [5.74, 6) is 0.620. The van der Waals surface area contributed by atoms with Gasteiger partial charge in [0.05, 0.1) is 6.04 Å². The van der Waals surface area contributed by atoms with Crippen LogP contribution < -0.4 is 0 Å². The molecule has 0 amide bonds. The highest BCUT2D eigenvalue weighted by Crippen LogP contribution is 2.32. The van der Waals surface area contributed by atoms with Crippen molar-refractivity contribution in [2.75, 3.05) is 0 Å². The summed E-state index contributed by atoms with van der Waals surface area (Å²) < 4.78 is 0. The molecule has 2 heteroatoms. The first-order valence-electron chi connectivity index (χ1n) is 6.21. The number of nitrogens with zero attached hydrogens (tertiary/aromatic N) is 1. The summed E-state index contributed by atoms with van der Waals surface area (Å²) >= 11 is 0. The average molecular weight is 197 g/mol. The Morgan fingerprint density at radius 3 is 2.64 bits per heavy atom.